The van der Waals surface area contributed by atoms with Crippen molar-refractivity contribution in [3.05, 3.63) is 0 Å². The molecule has 4 atom stereocenters. The third-order valence-corrected chi connectivity index (χ3v) is 7.47. The predicted octanol–water partition coefficient (Wildman–Crippen LogP) is 7.57. The highest BCUT2D eigenvalue weighted by molar-refractivity contribution is 5.77. The van der Waals surface area contributed by atoms with E-state index in [1.807, 2.05) is 0 Å². The zero-order chi connectivity index (χ0) is 23.4. The summed E-state index contributed by atoms with van der Waals surface area (Å²) < 4.78 is 0. The van der Waals surface area contributed by atoms with Gasteiger partial charge in [0.2, 0.25) is 5.91 Å². The van der Waals surface area contributed by atoms with Gasteiger partial charge in [-0.2, -0.15) is 0 Å². The lowest BCUT2D eigenvalue weighted by Gasteiger charge is -2.43. The molecule has 3 heteroatoms. The molecule has 0 aromatic heterocycles. The molecule has 0 aliphatic carbocycles. The number of hydrogen-bond donors (Lipinski definition) is 1. The number of carbonyl (C=O) groups excluding carboxylic acids is 1. The van der Waals surface area contributed by atoms with E-state index >= 15 is 0 Å². The highest BCUT2D eigenvalue weighted by Gasteiger charge is 2.35. The topological polar surface area (TPSA) is 46.3 Å². The molecule has 184 valence electrons. The number of likely N-dealkylation sites (tertiary alicyclic amines) is 1. The van der Waals surface area contributed by atoms with Crippen molar-refractivity contribution in [1.29, 1.82) is 0 Å². The quantitative estimate of drug-likeness (QED) is 0.288. The SMILES string of the molecule is CC(C)CCCC(C)CCCC(C)CCCC(C)CC(=O)N1CCCCC1C(C)(C)N. The van der Waals surface area contributed by atoms with Crippen molar-refractivity contribution in [1.82, 2.24) is 4.90 Å². The van der Waals surface area contributed by atoms with Gasteiger partial charge in [0.1, 0.15) is 0 Å². The number of nitrogens with two attached hydrogens (primary N) is 1. The van der Waals surface area contributed by atoms with Crippen molar-refractivity contribution < 1.29 is 4.79 Å². The van der Waals surface area contributed by atoms with Crippen LogP contribution in [-0.4, -0.2) is 28.9 Å². The fourth-order valence-electron chi connectivity index (χ4n) is 5.31. The van der Waals surface area contributed by atoms with Crippen LogP contribution in [0, 0.1) is 23.7 Å². The molecular formula is C28H56N2O. The molecule has 1 fully saturated rings. The van der Waals surface area contributed by atoms with Gasteiger partial charge in [0.15, 0.2) is 0 Å². The van der Waals surface area contributed by atoms with Crippen LogP contribution in [0.5, 0.6) is 0 Å². The van der Waals surface area contributed by atoms with Gasteiger partial charge in [-0.1, -0.05) is 92.4 Å². The van der Waals surface area contributed by atoms with Crippen LogP contribution in [0.2, 0.25) is 0 Å². The van der Waals surface area contributed by atoms with Crippen LogP contribution in [0.15, 0.2) is 0 Å². The summed E-state index contributed by atoms with van der Waals surface area (Å²) in [6, 6.07) is 0.203. The van der Waals surface area contributed by atoms with Gasteiger partial charge < -0.3 is 10.6 Å². The Bertz CT molecular complexity index is 482. The molecule has 0 radical (unpaired) electrons. The maximum atomic E-state index is 13.0. The summed E-state index contributed by atoms with van der Waals surface area (Å²) in [5.41, 5.74) is 6.08. The molecule has 31 heavy (non-hydrogen) atoms. The minimum atomic E-state index is -0.305. The first-order chi connectivity index (χ1) is 14.5. The van der Waals surface area contributed by atoms with Gasteiger partial charge in [0.25, 0.3) is 0 Å². The number of nitrogens with zero attached hydrogens (tertiary/aromatic N) is 1. The van der Waals surface area contributed by atoms with Crippen molar-refractivity contribution in [3.63, 3.8) is 0 Å². The van der Waals surface area contributed by atoms with E-state index in [2.05, 4.69) is 53.4 Å². The van der Waals surface area contributed by atoms with E-state index in [4.69, 9.17) is 5.73 Å². The summed E-state index contributed by atoms with van der Waals surface area (Å²) in [5.74, 6) is 3.35. The lowest BCUT2D eigenvalue weighted by Crippen LogP contribution is -2.58. The molecular weight excluding hydrogens is 380 g/mol. The van der Waals surface area contributed by atoms with Crippen LogP contribution in [0.3, 0.4) is 0 Å². The Morgan fingerprint density at radius 2 is 1.32 bits per heavy atom. The molecule has 1 rings (SSSR count). The van der Waals surface area contributed by atoms with Crippen LogP contribution in [0.4, 0.5) is 0 Å². The Kier molecular flexibility index (Phi) is 13.4. The summed E-state index contributed by atoms with van der Waals surface area (Å²) in [5, 5.41) is 0. The first-order valence-electron chi connectivity index (χ1n) is 13.6. The van der Waals surface area contributed by atoms with E-state index in [0.29, 0.717) is 18.2 Å². The summed E-state index contributed by atoms with van der Waals surface area (Å²) in [6.07, 6.45) is 16.1. The largest absolute Gasteiger partial charge is 0.338 e. The van der Waals surface area contributed by atoms with Gasteiger partial charge in [0.05, 0.1) is 0 Å². The van der Waals surface area contributed by atoms with Gasteiger partial charge in [-0.25, -0.2) is 0 Å². The van der Waals surface area contributed by atoms with E-state index in [-0.39, 0.29) is 11.6 Å². The molecule has 0 spiro atoms. The molecule has 3 nitrogen and oxygen atoms in total. The van der Waals surface area contributed by atoms with Crippen LogP contribution in [-0.2, 0) is 4.79 Å². The van der Waals surface area contributed by atoms with Gasteiger partial charge in [-0.05, 0) is 56.8 Å². The highest BCUT2D eigenvalue weighted by atomic mass is 16.2. The molecule has 0 aromatic carbocycles. The van der Waals surface area contributed by atoms with E-state index < -0.39 is 0 Å². The third kappa shape index (κ3) is 12.3. The van der Waals surface area contributed by atoms with Gasteiger partial charge in [-0.3, -0.25) is 4.79 Å². The van der Waals surface area contributed by atoms with Crippen LogP contribution >= 0.6 is 0 Å². The Morgan fingerprint density at radius 1 is 0.839 bits per heavy atom. The molecule has 0 bridgehead atoms. The number of carbonyl (C=O) groups is 1. The van der Waals surface area contributed by atoms with Crippen molar-refractivity contribution in [2.75, 3.05) is 6.54 Å². The summed E-state index contributed by atoms with van der Waals surface area (Å²) in [7, 11) is 0. The van der Waals surface area contributed by atoms with E-state index in [9.17, 15) is 4.79 Å². The lowest BCUT2D eigenvalue weighted by atomic mass is 9.86. The highest BCUT2D eigenvalue weighted by Crippen LogP contribution is 2.27. The Hall–Kier alpha value is -0.570. The average molecular weight is 437 g/mol. The smallest absolute Gasteiger partial charge is 0.223 e. The summed E-state index contributed by atoms with van der Waals surface area (Å²) >= 11 is 0. The van der Waals surface area contributed by atoms with E-state index in [1.165, 1.54) is 64.2 Å². The Balaban J connectivity index is 2.20. The Labute approximate surface area is 195 Å². The minimum absolute atomic E-state index is 0.203. The first kappa shape index (κ1) is 28.5. The second kappa shape index (κ2) is 14.6. The Morgan fingerprint density at radius 3 is 1.81 bits per heavy atom. The maximum absolute atomic E-state index is 13.0. The van der Waals surface area contributed by atoms with Crippen molar-refractivity contribution in [3.8, 4) is 0 Å². The molecule has 0 aromatic rings. The zero-order valence-corrected chi connectivity index (χ0v) is 22.2. The number of piperidine rings is 1. The lowest BCUT2D eigenvalue weighted by molar-refractivity contribution is -0.137. The van der Waals surface area contributed by atoms with Gasteiger partial charge in [-0.15, -0.1) is 0 Å². The van der Waals surface area contributed by atoms with Crippen LogP contribution < -0.4 is 5.73 Å². The fraction of sp³-hybridized carbons (Fsp3) is 0.964. The molecule has 1 aliphatic heterocycles. The van der Waals surface area contributed by atoms with E-state index in [1.54, 1.807) is 0 Å². The monoisotopic (exact) mass is 436 g/mol. The van der Waals surface area contributed by atoms with Gasteiger partial charge >= 0.3 is 0 Å². The fourth-order valence-corrected chi connectivity index (χ4v) is 5.31. The minimum Gasteiger partial charge on any atom is -0.338 e. The molecule has 1 amide bonds. The molecule has 4 unspecified atom stereocenters. The average Bonchev–Trinajstić information content (AvgIpc) is 2.67. The molecule has 1 aliphatic rings. The van der Waals surface area contributed by atoms with Crippen molar-refractivity contribution in [2.45, 2.75) is 144 Å². The van der Waals surface area contributed by atoms with Gasteiger partial charge in [0, 0.05) is 24.5 Å². The van der Waals surface area contributed by atoms with Crippen LogP contribution in [0.25, 0.3) is 0 Å². The van der Waals surface area contributed by atoms with Crippen LogP contribution in [0.1, 0.15) is 132 Å². The second-order valence-electron chi connectivity index (χ2n) is 12.1. The molecule has 1 saturated heterocycles. The summed E-state index contributed by atoms with van der Waals surface area (Å²) in [4.78, 5) is 15.1. The number of rotatable bonds is 15. The van der Waals surface area contributed by atoms with Crippen molar-refractivity contribution in [2.24, 2.45) is 29.4 Å². The van der Waals surface area contributed by atoms with Crippen molar-refractivity contribution >= 4 is 5.91 Å². The summed E-state index contributed by atoms with van der Waals surface area (Å²) in [6.45, 7) is 16.8. The standard InChI is InChI=1S/C28H56N2O/c1-22(2)13-10-14-23(3)15-11-16-24(4)17-12-18-25(5)21-27(31)30-20-9-8-19-26(30)28(6,7)29/h22-26H,8-21,29H2,1-7H3. The maximum Gasteiger partial charge on any atom is 0.223 e. The van der Waals surface area contributed by atoms with E-state index in [0.717, 1.165) is 37.1 Å². The molecule has 1 heterocycles. The molecule has 0 saturated carbocycles. The number of hydrogen-bond acceptors (Lipinski definition) is 2. The predicted molar refractivity (Wildman–Crippen MR) is 136 cm³/mol. The number of amides is 1. The zero-order valence-electron chi connectivity index (χ0n) is 22.2. The second-order valence-corrected chi connectivity index (χ2v) is 12.1. The third-order valence-electron chi connectivity index (χ3n) is 7.47. The molecule has 2 N–H and O–H groups in total. The first-order valence-corrected chi connectivity index (χ1v) is 13.6. The normalized spacial score (nSPS) is 20.7.